The van der Waals surface area contributed by atoms with Crippen molar-refractivity contribution in [3.05, 3.63) is 29.8 Å². The third-order valence-corrected chi connectivity index (χ3v) is 2.24. The number of hydrogen-bond donors (Lipinski definition) is 0. The molecule has 1 heteroatoms. The lowest BCUT2D eigenvalue weighted by Crippen LogP contribution is -1.90. The van der Waals surface area contributed by atoms with E-state index < -0.39 is 0 Å². The predicted octanol–water partition coefficient (Wildman–Crippen LogP) is 2.96. The van der Waals surface area contributed by atoms with Gasteiger partial charge in [0.05, 0.1) is 6.61 Å². The topological polar surface area (TPSA) is 9.23 Å². The van der Waals surface area contributed by atoms with Crippen LogP contribution in [0.1, 0.15) is 31.2 Å². The van der Waals surface area contributed by atoms with Gasteiger partial charge >= 0.3 is 0 Å². The fourth-order valence-electron chi connectivity index (χ4n) is 1.42. The predicted molar refractivity (Wildman–Crippen MR) is 49.6 cm³/mol. The Kier molecular flexibility index (Phi) is 2.03. The molecule has 1 aliphatic rings. The minimum Gasteiger partial charge on any atom is -0.494 e. The van der Waals surface area contributed by atoms with E-state index >= 15 is 0 Å². The fourth-order valence-corrected chi connectivity index (χ4v) is 1.42. The molecule has 2 rings (SSSR count). The summed E-state index contributed by atoms with van der Waals surface area (Å²) in [5, 5.41) is 0. The van der Waals surface area contributed by atoms with Crippen molar-refractivity contribution in [2.45, 2.75) is 25.7 Å². The molecule has 0 atom stereocenters. The highest BCUT2D eigenvalue weighted by molar-refractivity contribution is 5.31. The van der Waals surface area contributed by atoms with Gasteiger partial charge in [0.15, 0.2) is 0 Å². The minimum atomic E-state index is 0.753. The lowest BCUT2D eigenvalue weighted by molar-refractivity contribution is 0.340. The summed E-state index contributed by atoms with van der Waals surface area (Å²) >= 11 is 0. The molecule has 0 N–H and O–H groups in total. The zero-order valence-electron chi connectivity index (χ0n) is 7.42. The van der Waals surface area contributed by atoms with Crippen LogP contribution in [0.5, 0.6) is 5.75 Å². The highest BCUT2D eigenvalue weighted by atomic mass is 16.5. The Morgan fingerprint density at radius 2 is 1.92 bits per heavy atom. The molecule has 0 aliphatic heterocycles. The Hall–Kier alpha value is -0.980. The number of hydrogen-bond acceptors (Lipinski definition) is 1. The van der Waals surface area contributed by atoms with E-state index in [1.54, 1.807) is 0 Å². The molecular weight excluding hydrogens is 148 g/mol. The maximum absolute atomic E-state index is 5.36. The van der Waals surface area contributed by atoms with E-state index in [9.17, 15) is 0 Å². The zero-order valence-corrected chi connectivity index (χ0v) is 7.42. The van der Waals surface area contributed by atoms with Crippen molar-refractivity contribution in [2.24, 2.45) is 0 Å². The summed E-state index contributed by atoms with van der Waals surface area (Å²) in [6.45, 7) is 2.76. The average molecular weight is 162 g/mol. The van der Waals surface area contributed by atoms with E-state index in [-0.39, 0.29) is 0 Å². The van der Waals surface area contributed by atoms with Gasteiger partial charge in [0.25, 0.3) is 0 Å². The Bertz CT molecular complexity index is 246. The van der Waals surface area contributed by atoms with E-state index in [4.69, 9.17) is 4.74 Å². The molecule has 1 saturated carbocycles. The monoisotopic (exact) mass is 162 g/mol. The van der Waals surface area contributed by atoms with Gasteiger partial charge in [-0.2, -0.15) is 0 Å². The molecule has 0 saturated heterocycles. The van der Waals surface area contributed by atoms with Gasteiger partial charge in [0.1, 0.15) is 5.75 Å². The number of rotatable bonds is 3. The molecular formula is C11H14O. The third-order valence-electron chi connectivity index (χ3n) is 2.24. The zero-order chi connectivity index (χ0) is 8.39. The molecule has 64 valence electrons. The quantitative estimate of drug-likeness (QED) is 0.664. The van der Waals surface area contributed by atoms with E-state index in [0.29, 0.717) is 0 Å². The molecule has 0 unspecified atom stereocenters. The molecule has 0 amide bonds. The van der Waals surface area contributed by atoms with Crippen molar-refractivity contribution in [1.29, 1.82) is 0 Å². The van der Waals surface area contributed by atoms with Crippen molar-refractivity contribution >= 4 is 0 Å². The van der Waals surface area contributed by atoms with Crippen LogP contribution >= 0.6 is 0 Å². The summed E-state index contributed by atoms with van der Waals surface area (Å²) in [6, 6.07) is 8.50. The highest BCUT2D eigenvalue weighted by Gasteiger charge is 2.22. The van der Waals surface area contributed by atoms with E-state index in [2.05, 4.69) is 24.3 Å². The fraction of sp³-hybridized carbons (Fsp3) is 0.455. The summed E-state index contributed by atoms with van der Waals surface area (Å²) in [6.07, 6.45) is 2.74. The van der Waals surface area contributed by atoms with Crippen LogP contribution < -0.4 is 4.74 Å². The lowest BCUT2D eigenvalue weighted by atomic mass is 10.1. The summed E-state index contributed by atoms with van der Waals surface area (Å²) in [5.74, 6) is 1.84. The van der Waals surface area contributed by atoms with Crippen LogP contribution in [0.3, 0.4) is 0 Å². The summed E-state index contributed by atoms with van der Waals surface area (Å²) in [5.41, 5.74) is 1.47. The summed E-state index contributed by atoms with van der Waals surface area (Å²) in [7, 11) is 0. The molecule has 1 aliphatic carbocycles. The average Bonchev–Trinajstić information content (AvgIpc) is 2.89. The number of benzene rings is 1. The summed E-state index contributed by atoms with van der Waals surface area (Å²) in [4.78, 5) is 0. The van der Waals surface area contributed by atoms with E-state index in [1.165, 1.54) is 18.4 Å². The minimum absolute atomic E-state index is 0.753. The van der Waals surface area contributed by atoms with Crippen LogP contribution in [-0.4, -0.2) is 6.61 Å². The van der Waals surface area contributed by atoms with Gasteiger partial charge in [-0.1, -0.05) is 12.1 Å². The van der Waals surface area contributed by atoms with Gasteiger partial charge in [-0.05, 0) is 43.4 Å². The van der Waals surface area contributed by atoms with Crippen molar-refractivity contribution in [3.8, 4) is 5.75 Å². The van der Waals surface area contributed by atoms with Crippen molar-refractivity contribution < 1.29 is 4.74 Å². The second kappa shape index (κ2) is 3.18. The van der Waals surface area contributed by atoms with E-state index in [0.717, 1.165) is 18.3 Å². The standard InChI is InChI=1S/C11H14O/c1-2-12-11-7-5-10(6-8-11)9-3-4-9/h5-9H,2-4H2,1H3. The highest BCUT2D eigenvalue weighted by Crippen LogP contribution is 2.40. The van der Waals surface area contributed by atoms with Crippen LogP contribution in [0.2, 0.25) is 0 Å². The maximum Gasteiger partial charge on any atom is 0.119 e. The van der Waals surface area contributed by atoms with Crippen LogP contribution in [0.4, 0.5) is 0 Å². The van der Waals surface area contributed by atoms with Gasteiger partial charge in [-0.3, -0.25) is 0 Å². The third kappa shape index (κ3) is 1.60. The molecule has 0 radical (unpaired) electrons. The molecule has 0 bridgehead atoms. The first-order valence-electron chi connectivity index (χ1n) is 4.63. The van der Waals surface area contributed by atoms with Gasteiger partial charge in [-0.15, -0.1) is 0 Å². The Morgan fingerprint density at radius 3 is 2.42 bits per heavy atom. The second-order valence-corrected chi connectivity index (χ2v) is 3.28. The lowest BCUT2D eigenvalue weighted by Gasteiger charge is -2.03. The number of ether oxygens (including phenoxy) is 1. The first-order valence-corrected chi connectivity index (χ1v) is 4.63. The van der Waals surface area contributed by atoms with Gasteiger partial charge in [0.2, 0.25) is 0 Å². The Balaban J connectivity index is 2.08. The molecule has 0 spiro atoms. The van der Waals surface area contributed by atoms with Gasteiger partial charge in [0, 0.05) is 0 Å². The van der Waals surface area contributed by atoms with E-state index in [1.807, 2.05) is 6.92 Å². The maximum atomic E-state index is 5.36. The largest absolute Gasteiger partial charge is 0.494 e. The SMILES string of the molecule is CCOc1ccc(C2CC2)cc1. The van der Waals surface area contributed by atoms with Gasteiger partial charge < -0.3 is 4.74 Å². The van der Waals surface area contributed by atoms with Crippen LogP contribution in [-0.2, 0) is 0 Å². The van der Waals surface area contributed by atoms with Crippen molar-refractivity contribution in [1.82, 2.24) is 0 Å². The van der Waals surface area contributed by atoms with Crippen molar-refractivity contribution in [3.63, 3.8) is 0 Å². The van der Waals surface area contributed by atoms with Crippen LogP contribution in [0.15, 0.2) is 24.3 Å². The smallest absolute Gasteiger partial charge is 0.119 e. The van der Waals surface area contributed by atoms with Crippen LogP contribution in [0, 0.1) is 0 Å². The first kappa shape index (κ1) is 7.66. The van der Waals surface area contributed by atoms with Crippen LogP contribution in [0.25, 0.3) is 0 Å². The first-order chi connectivity index (χ1) is 5.90. The molecule has 0 aromatic heterocycles. The van der Waals surface area contributed by atoms with Gasteiger partial charge in [-0.25, -0.2) is 0 Å². The molecule has 1 fully saturated rings. The molecule has 1 aromatic rings. The Labute approximate surface area is 73.4 Å². The summed E-state index contributed by atoms with van der Waals surface area (Å²) < 4.78 is 5.36. The molecule has 0 heterocycles. The normalized spacial score (nSPS) is 16.1. The Morgan fingerprint density at radius 1 is 1.25 bits per heavy atom. The molecule has 1 nitrogen and oxygen atoms in total. The second-order valence-electron chi connectivity index (χ2n) is 3.28. The molecule has 12 heavy (non-hydrogen) atoms. The molecule has 1 aromatic carbocycles. The van der Waals surface area contributed by atoms with Crippen molar-refractivity contribution in [2.75, 3.05) is 6.61 Å².